The molecule has 2 saturated heterocycles. The van der Waals surface area contributed by atoms with E-state index in [1.165, 1.54) is 0 Å². The minimum absolute atomic E-state index is 0.0260. The summed E-state index contributed by atoms with van der Waals surface area (Å²) in [6.07, 6.45) is 2.39. The lowest BCUT2D eigenvalue weighted by atomic mass is 9.78. The largest absolute Gasteiger partial charge is 0.507 e. The van der Waals surface area contributed by atoms with E-state index in [0.29, 0.717) is 37.2 Å². The van der Waals surface area contributed by atoms with E-state index in [2.05, 4.69) is 0 Å². The molecule has 2 amide bonds. The standard InChI is InChI=1S/C24H28N2O4/c1-17-6-3-9-20(21(17)27)22(28)26-13-11-24(16-26)10-5-12-25(23(24)29)15-18-7-4-8-19(14-18)30-2/h3-4,6-9,14,27H,5,10-13,15-16H2,1-2H3/t24-/m0/s1. The highest BCUT2D eigenvalue weighted by atomic mass is 16.5. The van der Waals surface area contributed by atoms with Crippen LogP contribution in [0.4, 0.5) is 0 Å². The lowest BCUT2D eigenvalue weighted by molar-refractivity contribution is -0.146. The second kappa shape index (κ2) is 8.01. The molecule has 0 radical (unpaired) electrons. The molecule has 1 spiro atoms. The maximum Gasteiger partial charge on any atom is 0.257 e. The van der Waals surface area contributed by atoms with Gasteiger partial charge in [-0.1, -0.05) is 24.3 Å². The number of methoxy groups -OCH3 is 1. The first-order valence-electron chi connectivity index (χ1n) is 10.4. The van der Waals surface area contributed by atoms with Crippen LogP contribution in [-0.2, 0) is 11.3 Å². The van der Waals surface area contributed by atoms with E-state index >= 15 is 0 Å². The molecule has 0 saturated carbocycles. The van der Waals surface area contributed by atoms with E-state index < -0.39 is 5.41 Å². The van der Waals surface area contributed by atoms with Gasteiger partial charge in [0.05, 0.1) is 18.1 Å². The minimum atomic E-state index is -0.522. The van der Waals surface area contributed by atoms with Gasteiger partial charge < -0.3 is 19.6 Å². The predicted molar refractivity (Wildman–Crippen MR) is 113 cm³/mol. The summed E-state index contributed by atoms with van der Waals surface area (Å²) < 4.78 is 5.30. The molecule has 0 unspecified atom stereocenters. The number of hydrogen-bond acceptors (Lipinski definition) is 4. The number of likely N-dealkylation sites (tertiary alicyclic amines) is 2. The topological polar surface area (TPSA) is 70.1 Å². The molecule has 2 aliphatic rings. The second-order valence-electron chi connectivity index (χ2n) is 8.41. The van der Waals surface area contributed by atoms with Crippen molar-refractivity contribution in [1.82, 2.24) is 9.80 Å². The highest BCUT2D eigenvalue weighted by molar-refractivity contribution is 5.98. The van der Waals surface area contributed by atoms with Crippen molar-refractivity contribution in [2.45, 2.75) is 32.7 Å². The van der Waals surface area contributed by atoms with Crippen LogP contribution in [-0.4, -0.2) is 53.5 Å². The third kappa shape index (κ3) is 3.62. The minimum Gasteiger partial charge on any atom is -0.507 e. The molecular formula is C24H28N2O4. The number of carbonyl (C=O) groups excluding carboxylic acids is 2. The number of rotatable bonds is 4. The van der Waals surface area contributed by atoms with Crippen LogP contribution in [0.3, 0.4) is 0 Å². The van der Waals surface area contributed by atoms with Crippen molar-refractivity contribution in [2.75, 3.05) is 26.7 Å². The van der Waals surface area contributed by atoms with E-state index in [0.717, 1.165) is 30.7 Å². The van der Waals surface area contributed by atoms with Gasteiger partial charge in [0.25, 0.3) is 5.91 Å². The molecule has 2 fully saturated rings. The molecular weight excluding hydrogens is 380 g/mol. The Hall–Kier alpha value is -3.02. The molecule has 2 aromatic rings. The number of benzene rings is 2. The number of para-hydroxylation sites is 1. The molecule has 1 atom stereocenters. The Morgan fingerprint density at radius 2 is 1.97 bits per heavy atom. The number of ether oxygens (including phenoxy) is 1. The van der Waals surface area contributed by atoms with Gasteiger partial charge in [-0.3, -0.25) is 9.59 Å². The van der Waals surface area contributed by atoms with Gasteiger partial charge in [0.1, 0.15) is 11.5 Å². The Balaban J connectivity index is 1.50. The molecule has 0 bridgehead atoms. The van der Waals surface area contributed by atoms with E-state index in [-0.39, 0.29) is 17.6 Å². The first kappa shape index (κ1) is 20.3. The van der Waals surface area contributed by atoms with Crippen molar-refractivity contribution in [3.05, 3.63) is 59.2 Å². The number of aromatic hydroxyl groups is 1. The van der Waals surface area contributed by atoms with Crippen molar-refractivity contribution in [3.8, 4) is 11.5 Å². The number of phenols is 1. The summed E-state index contributed by atoms with van der Waals surface area (Å²) in [5.41, 5.74) is 1.50. The van der Waals surface area contributed by atoms with Gasteiger partial charge in [-0.25, -0.2) is 0 Å². The summed E-state index contributed by atoms with van der Waals surface area (Å²) in [6, 6.07) is 13.0. The van der Waals surface area contributed by atoms with Gasteiger partial charge in [-0.15, -0.1) is 0 Å². The van der Waals surface area contributed by atoms with Gasteiger partial charge >= 0.3 is 0 Å². The van der Waals surface area contributed by atoms with Gasteiger partial charge in [0.15, 0.2) is 0 Å². The van der Waals surface area contributed by atoms with Crippen LogP contribution >= 0.6 is 0 Å². The SMILES string of the molecule is COc1cccc(CN2CCC[C@@]3(CCN(C(=O)c4cccc(C)c4O)C3)C2=O)c1. The van der Waals surface area contributed by atoms with Crippen LogP contribution in [0.15, 0.2) is 42.5 Å². The molecule has 2 heterocycles. The number of amides is 2. The number of carbonyl (C=O) groups is 2. The van der Waals surface area contributed by atoms with Crippen molar-refractivity contribution >= 4 is 11.8 Å². The molecule has 4 rings (SSSR count). The van der Waals surface area contributed by atoms with Gasteiger partial charge in [-0.2, -0.15) is 0 Å². The zero-order chi connectivity index (χ0) is 21.3. The first-order valence-corrected chi connectivity index (χ1v) is 10.4. The van der Waals surface area contributed by atoms with Crippen LogP contribution in [0, 0.1) is 12.3 Å². The monoisotopic (exact) mass is 408 g/mol. The van der Waals surface area contributed by atoms with Gasteiger partial charge in [0, 0.05) is 26.2 Å². The van der Waals surface area contributed by atoms with Crippen molar-refractivity contribution in [3.63, 3.8) is 0 Å². The summed E-state index contributed by atoms with van der Waals surface area (Å²) in [5, 5.41) is 10.3. The normalized spacial score (nSPS) is 21.3. The molecule has 2 aromatic carbocycles. The Kier molecular flexibility index (Phi) is 5.41. The molecule has 6 nitrogen and oxygen atoms in total. The average molecular weight is 408 g/mol. The van der Waals surface area contributed by atoms with Crippen molar-refractivity contribution in [2.24, 2.45) is 5.41 Å². The average Bonchev–Trinajstić information content (AvgIpc) is 3.18. The molecule has 30 heavy (non-hydrogen) atoms. The quantitative estimate of drug-likeness (QED) is 0.842. The van der Waals surface area contributed by atoms with E-state index in [1.807, 2.05) is 29.2 Å². The maximum atomic E-state index is 13.4. The second-order valence-corrected chi connectivity index (χ2v) is 8.41. The smallest absolute Gasteiger partial charge is 0.257 e. The predicted octanol–water partition coefficient (Wildman–Crippen LogP) is 3.36. The van der Waals surface area contributed by atoms with Crippen LogP contribution in [0.2, 0.25) is 0 Å². The summed E-state index contributed by atoms with van der Waals surface area (Å²) in [5.74, 6) is 0.728. The Morgan fingerprint density at radius 1 is 1.17 bits per heavy atom. The first-order chi connectivity index (χ1) is 14.4. The van der Waals surface area contributed by atoms with Crippen LogP contribution < -0.4 is 4.74 Å². The number of nitrogens with zero attached hydrogens (tertiary/aromatic N) is 2. The zero-order valence-electron chi connectivity index (χ0n) is 17.6. The third-order valence-electron chi connectivity index (χ3n) is 6.44. The lowest BCUT2D eigenvalue weighted by Gasteiger charge is -2.39. The summed E-state index contributed by atoms with van der Waals surface area (Å²) >= 11 is 0. The highest BCUT2D eigenvalue weighted by Gasteiger charge is 2.49. The molecule has 6 heteroatoms. The van der Waals surface area contributed by atoms with E-state index in [9.17, 15) is 14.7 Å². The zero-order valence-corrected chi connectivity index (χ0v) is 17.6. The van der Waals surface area contributed by atoms with Crippen LogP contribution in [0.25, 0.3) is 0 Å². The number of piperidine rings is 1. The summed E-state index contributed by atoms with van der Waals surface area (Å²) in [4.78, 5) is 30.1. The highest BCUT2D eigenvalue weighted by Crippen LogP contribution is 2.41. The van der Waals surface area contributed by atoms with Crippen molar-refractivity contribution < 1.29 is 19.4 Å². The number of phenolic OH excluding ortho intramolecular Hbond substituents is 1. The fourth-order valence-corrected chi connectivity index (χ4v) is 4.72. The fourth-order valence-electron chi connectivity index (χ4n) is 4.72. The summed E-state index contributed by atoms with van der Waals surface area (Å²) in [6.45, 7) is 3.99. The lowest BCUT2D eigenvalue weighted by Crippen LogP contribution is -2.50. The van der Waals surface area contributed by atoms with Crippen molar-refractivity contribution in [1.29, 1.82) is 0 Å². The van der Waals surface area contributed by atoms with Crippen LogP contribution in [0.5, 0.6) is 11.5 Å². The van der Waals surface area contributed by atoms with Crippen LogP contribution in [0.1, 0.15) is 40.7 Å². The van der Waals surface area contributed by atoms with E-state index in [4.69, 9.17) is 4.74 Å². The summed E-state index contributed by atoms with van der Waals surface area (Å²) in [7, 11) is 1.64. The van der Waals surface area contributed by atoms with E-state index in [1.54, 1.807) is 37.1 Å². The molecule has 1 N–H and O–H groups in total. The molecule has 0 aromatic heterocycles. The Morgan fingerprint density at radius 3 is 2.77 bits per heavy atom. The Bertz CT molecular complexity index is 973. The molecule has 158 valence electrons. The fraction of sp³-hybridized carbons (Fsp3) is 0.417. The van der Waals surface area contributed by atoms with Gasteiger partial charge in [-0.05, 0) is 55.5 Å². The molecule has 2 aliphatic heterocycles. The number of aryl methyl sites for hydroxylation is 1. The number of hydrogen-bond donors (Lipinski definition) is 1. The van der Waals surface area contributed by atoms with Gasteiger partial charge in [0.2, 0.25) is 5.91 Å². The Labute approximate surface area is 177 Å². The maximum absolute atomic E-state index is 13.4. The molecule has 0 aliphatic carbocycles. The third-order valence-corrected chi connectivity index (χ3v) is 6.44.